The number of hydroxylamine groups is 1. The molecule has 0 saturated heterocycles. The number of amides is 2. The van der Waals surface area contributed by atoms with Crippen molar-refractivity contribution in [3.8, 4) is 11.1 Å². The Morgan fingerprint density at radius 3 is 2.26 bits per heavy atom. The number of ketones is 1. The molecular formula is C21H14N2O4. The molecule has 1 aliphatic rings. The van der Waals surface area contributed by atoms with Gasteiger partial charge in [0.2, 0.25) is 0 Å². The van der Waals surface area contributed by atoms with Crippen LogP contribution >= 0.6 is 0 Å². The summed E-state index contributed by atoms with van der Waals surface area (Å²) in [7, 11) is 0. The lowest BCUT2D eigenvalue weighted by Gasteiger charge is -2.10. The summed E-state index contributed by atoms with van der Waals surface area (Å²) >= 11 is 0. The molecule has 0 saturated carbocycles. The number of carbonyl (C=O) groups is 3. The van der Waals surface area contributed by atoms with E-state index in [0.29, 0.717) is 16.8 Å². The molecule has 1 aliphatic carbocycles. The molecule has 0 atom stereocenters. The van der Waals surface area contributed by atoms with Crippen LogP contribution in [0.1, 0.15) is 36.6 Å². The number of nitrogens with one attached hydrogen (secondary N) is 2. The fourth-order valence-corrected chi connectivity index (χ4v) is 3.26. The van der Waals surface area contributed by atoms with Crippen LogP contribution in [0.3, 0.4) is 0 Å². The van der Waals surface area contributed by atoms with Crippen molar-refractivity contribution in [2.75, 3.05) is 5.32 Å². The number of hydrogen-bond acceptors (Lipinski definition) is 4. The second-order valence-corrected chi connectivity index (χ2v) is 6.08. The Morgan fingerprint density at radius 2 is 1.48 bits per heavy atom. The Labute approximate surface area is 154 Å². The number of benzene rings is 3. The van der Waals surface area contributed by atoms with Crippen LogP contribution < -0.4 is 10.8 Å². The van der Waals surface area contributed by atoms with E-state index < -0.39 is 11.8 Å². The smallest absolute Gasteiger partial charge is 0.274 e. The largest absolute Gasteiger partial charge is 0.322 e. The summed E-state index contributed by atoms with van der Waals surface area (Å²) in [6.45, 7) is 0. The zero-order valence-electron chi connectivity index (χ0n) is 14.0. The van der Waals surface area contributed by atoms with E-state index in [9.17, 15) is 14.4 Å². The standard InChI is InChI=1S/C21H14N2O4/c24-19-16-8-2-1-7-14(16)15-9-4-10-17(18(15)19)21(26)22-13-6-3-5-12(11-13)20(25)23-27/h1-11,27H,(H,22,26)(H,23,25). The molecule has 0 spiro atoms. The minimum atomic E-state index is -0.683. The Hall–Kier alpha value is -3.77. The summed E-state index contributed by atoms with van der Waals surface area (Å²) in [6, 6.07) is 18.5. The maximum atomic E-state index is 12.8. The third-order valence-electron chi connectivity index (χ3n) is 4.48. The fourth-order valence-electron chi connectivity index (χ4n) is 3.26. The van der Waals surface area contributed by atoms with Gasteiger partial charge in [0.05, 0.1) is 5.56 Å². The molecule has 0 heterocycles. The molecule has 0 aliphatic heterocycles. The maximum Gasteiger partial charge on any atom is 0.274 e. The molecule has 2 amide bonds. The van der Waals surface area contributed by atoms with Crippen LogP contribution in [0.5, 0.6) is 0 Å². The lowest BCUT2D eigenvalue weighted by molar-refractivity contribution is 0.0706. The van der Waals surface area contributed by atoms with Gasteiger partial charge in [0.25, 0.3) is 11.8 Å². The summed E-state index contributed by atoms with van der Waals surface area (Å²) in [5, 5.41) is 11.4. The molecule has 132 valence electrons. The molecule has 27 heavy (non-hydrogen) atoms. The summed E-state index contributed by atoms with van der Waals surface area (Å²) in [5.41, 5.74) is 4.88. The van der Waals surface area contributed by atoms with Gasteiger partial charge in [-0.15, -0.1) is 0 Å². The van der Waals surface area contributed by atoms with Crippen LogP contribution in [0.2, 0.25) is 0 Å². The van der Waals surface area contributed by atoms with Crippen LogP contribution in [-0.2, 0) is 0 Å². The monoisotopic (exact) mass is 358 g/mol. The van der Waals surface area contributed by atoms with Gasteiger partial charge in [-0.3, -0.25) is 19.6 Å². The number of fused-ring (bicyclic) bond motifs is 3. The molecule has 4 rings (SSSR count). The van der Waals surface area contributed by atoms with Crippen molar-refractivity contribution in [3.05, 3.63) is 89.0 Å². The molecule has 3 aromatic rings. The van der Waals surface area contributed by atoms with Gasteiger partial charge in [-0.2, -0.15) is 0 Å². The van der Waals surface area contributed by atoms with Gasteiger partial charge >= 0.3 is 0 Å². The van der Waals surface area contributed by atoms with Gasteiger partial charge in [-0.25, -0.2) is 5.48 Å². The SMILES string of the molecule is O=C(NO)c1cccc(NC(=O)c2cccc3c2C(=O)c2ccccc2-3)c1. The van der Waals surface area contributed by atoms with Crippen LogP contribution in [-0.4, -0.2) is 22.8 Å². The number of hydrogen-bond donors (Lipinski definition) is 3. The molecule has 6 nitrogen and oxygen atoms in total. The second-order valence-electron chi connectivity index (χ2n) is 6.08. The number of anilines is 1. The summed E-state index contributed by atoms with van der Waals surface area (Å²) in [6.07, 6.45) is 0. The van der Waals surface area contributed by atoms with Crippen LogP contribution in [0.4, 0.5) is 5.69 Å². The zero-order chi connectivity index (χ0) is 19.0. The Morgan fingerprint density at radius 1 is 0.778 bits per heavy atom. The average Bonchev–Trinajstić information content (AvgIpc) is 3.00. The first kappa shape index (κ1) is 16.7. The van der Waals surface area contributed by atoms with Crippen molar-refractivity contribution in [2.45, 2.75) is 0 Å². The van der Waals surface area contributed by atoms with Crippen molar-refractivity contribution in [2.24, 2.45) is 0 Å². The molecular weight excluding hydrogens is 344 g/mol. The van der Waals surface area contributed by atoms with Gasteiger partial charge in [-0.05, 0) is 35.4 Å². The van der Waals surface area contributed by atoms with Gasteiger partial charge < -0.3 is 5.32 Å². The van der Waals surface area contributed by atoms with E-state index in [1.165, 1.54) is 12.1 Å². The van der Waals surface area contributed by atoms with E-state index in [1.54, 1.807) is 41.9 Å². The molecule has 0 radical (unpaired) electrons. The van der Waals surface area contributed by atoms with Crippen molar-refractivity contribution in [1.82, 2.24) is 5.48 Å². The van der Waals surface area contributed by atoms with E-state index >= 15 is 0 Å². The van der Waals surface area contributed by atoms with E-state index in [4.69, 9.17) is 5.21 Å². The van der Waals surface area contributed by atoms with E-state index in [-0.39, 0.29) is 16.9 Å². The normalized spacial score (nSPS) is 11.5. The molecule has 0 unspecified atom stereocenters. The number of rotatable bonds is 3. The first-order chi connectivity index (χ1) is 13.1. The highest BCUT2D eigenvalue weighted by Crippen LogP contribution is 2.38. The third kappa shape index (κ3) is 2.78. The second kappa shape index (κ2) is 6.51. The van der Waals surface area contributed by atoms with E-state index in [1.807, 2.05) is 18.2 Å². The molecule has 0 bridgehead atoms. The summed E-state index contributed by atoms with van der Waals surface area (Å²) < 4.78 is 0. The van der Waals surface area contributed by atoms with Crippen molar-refractivity contribution in [3.63, 3.8) is 0 Å². The van der Waals surface area contributed by atoms with Crippen LogP contribution in [0, 0.1) is 0 Å². The first-order valence-electron chi connectivity index (χ1n) is 8.23. The minimum Gasteiger partial charge on any atom is -0.322 e. The highest BCUT2D eigenvalue weighted by atomic mass is 16.5. The molecule has 0 aromatic heterocycles. The van der Waals surface area contributed by atoms with Gasteiger partial charge in [0.15, 0.2) is 5.78 Å². The van der Waals surface area contributed by atoms with Crippen molar-refractivity contribution < 1.29 is 19.6 Å². The Bertz CT molecular complexity index is 1100. The van der Waals surface area contributed by atoms with E-state index in [0.717, 1.165) is 11.1 Å². The fraction of sp³-hybridized carbons (Fsp3) is 0. The Balaban J connectivity index is 1.69. The topological polar surface area (TPSA) is 95.5 Å². The minimum absolute atomic E-state index is 0.181. The predicted octanol–water partition coefficient (Wildman–Crippen LogP) is 3.27. The highest BCUT2D eigenvalue weighted by Gasteiger charge is 2.30. The zero-order valence-corrected chi connectivity index (χ0v) is 14.0. The van der Waals surface area contributed by atoms with Gasteiger partial charge in [0.1, 0.15) is 0 Å². The molecule has 6 heteroatoms. The highest BCUT2D eigenvalue weighted by molar-refractivity contribution is 6.26. The van der Waals surface area contributed by atoms with Crippen molar-refractivity contribution in [1.29, 1.82) is 0 Å². The lowest BCUT2D eigenvalue weighted by Crippen LogP contribution is -2.19. The van der Waals surface area contributed by atoms with Gasteiger partial charge in [0, 0.05) is 22.4 Å². The molecule has 3 N–H and O–H groups in total. The third-order valence-corrected chi connectivity index (χ3v) is 4.48. The van der Waals surface area contributed by atoms with Crippen LogP contribution in [0.25, 0.3) is 11.1 Å². The quantitative estimate of drug-likeness (QED) is 0.387. The number of carbonyl (C=O) groups excluding carboxylic acids is 3. The Kier molecular flexibility index (Phi) is 4.02. The lowest BCUT2D eigenvalue weighted by atomic mass is 10.00. The molecule has 3 aromatic carbocycles. The average molecular weight is 358 g/mol. The van der Waals surface area contributed by atoms with Crippen LogP contribution in [0.15, 0.2) is 66.7 Å². The summed E-state index contributed by atoms with van der Waals surface area (Å²) in [5.74, 6) is -1.31. The van der Waals surface area contributed by atoms with E-state index in [2.05, 4.69) is 5.32 Å². The molecule has 0 fully saturated rings. The summed E-state index contributed by atoms with van der Waals surface area (Å²) in [4.78, 5) is 37.1. The van der Waals surface area contributed by atoms with Crippen molar-refractivity contribution >= 4 is 23.3 Å². The van der Waals surface area contributed by atoms with Gasteiger partial charge in [-0.1, -0.05) is 42.5 Å². The maximum absolute atomic E-state index is 12.8. The first-order valence-corrected chi connectivity index (χ1v) is 8.23. The predicted molar refractivity (Wildman–Crippen MR) is 99.0 cm³/mol.